The summed E-state index contributed by atoms with van der Waals surface area (Å²) in [5, 5.41) is 8.39. The van der Waals surface area contributed by atoms with E-state index in [0.29, 0.717) is 28.8 Å². The van der Waals surface area contributed by atoms with E-state index in [1.807, 2.05) is 6.07 Å². The second-order valence-electron chi connectivity index (χ2n) is 7.13. The molecule has 1 aromatic heterocycles. The first-order chi connectivity index (χ1) is 14.6. The van der Waals surface area contributed by atoms with Crippen LogP contribution in [-0.2, 0) is 0 Å². The average molecular weight is 410 g/mol. The fourth-order valence-electron chi connectivity index (χ4n) is 3.48. The van der Waals surface area contributed by atoms with E-state index in [-0.39, 0.29) is 17.2 Å². The first-order valence-corrected chi connectivity index (χ1v) is 10.4. The molecule has 7 nitrogen and oxygen atoms in total. The van der Waals surface area contributed by atoms with Crippen molar-refractivity contribution in [2.24, 2.45) is 0 Å². The molecule has 0 atom stereocenters. The van der Waals surface area contributed by atoms with Gasteiger partial charge >= 0.3 is 0 Å². The van der Waals surface area contributed by atoms with Gasteiger partial charge in [-0.1, -0.05) is 18.2 Å². The lowest BCUT2D eigenvalue weighted by Crippen LogP contribution is -3.11. The first kappa shape index (κ1) is 21.5. The minimum atomic E-state index is -0.275. The molecular weight excluding hydrogens is 380 g/mol. The van der Waals surface area contributed by atoms with Crippen molar-refractivity contribution in [2.45, 2.75) is 20.3 Å². The summed E-state index contributed by atoms with van der Waals surface area (Å²) in [4.78, 5) is 27.4. The lowest BCUT2D eigenvalue weighted by Gasteiger charge is -2.15. The SMILES string of the molecule is CC[NH+](CC)CCCNC(=O)c1nn(-c2ccc(OC)cc2)c(=O)c2ccccc12. The molecule has 2 aromatic carbocycles. The van der Waals surface area contributed by atoms with Crippen molar-refractivity contribution in [1.29, 1.82) is 0 Å². The first-order valence-electron chi connectivity index (χ1n) is 10.4. The lowest BCUT2D eigenvalue weighted by molar-refractivity contribution is -0.896. The second kappa shape index (κ2) is 10.0. The normalized spacial score (nSPS) is 11.1. The summed E-state index contributed by atoms with van der Waals surface area (Å²) < 4.78 is 6.46. The van der Waals surface area contributed by atoms with Crippen molar-refractivity contribution < 1.29 is 14.4 Å². The number of amides is 1. The van der Waals surface area contributed by atoms with Crippen LogP contribution in [0, 0.1) is 0 Å². The van der Waals surface area contributed by atoms with Crippen LogP contribution >= 0.6 is 0 Å². The van der Waals surface area contributed by atoms with Crippen molar-refractivity contribution in [3.05, 3.63) is 64.6 Å². The molecule has 0 aliphatic heterocycles. The Bertz CT molecular complexity index is 1060. The van der Waals surface area contributed by atoms with Gasteiger partial charge in [0.1, 0.15) is 5.75 Å². The third-order valence-corrected chi connectivity index (χ3v) is 5.33. The molecule has 158 valence electrons. The number of benzene rings is 2. The smallest absolute Gasteiger partial charge is 0.279 e. The van der Waals surface area contributed by atoms with Gasteiger partial charge in [-0.15, -0.1) is 0 Å². The number of carbonyl (C=O) groups is 1. The summed E-state index contributed by atoms with van der Waals surface area (Å²) in [6.07, 6.45) is 0.888. The number of carbonyl (C=O) groups excluding carboxylic acids is 1. The molecule has 3 rings (SSSR count). The van der Waals surface area contributed by atoms with E-state index in [2.05, 4.69) is 24.3 Å². The molecule has 7 heteroatoms. The molecule has 1 heterocycles. The van der Waals surface area contributed by atoms with Crippen LogP contribution < -0.4 is 20.5 Å². The summed E-state index contributed by atoms with van der Waals surface area (Å²) in [7, 11) is 1.58. The van der Waals surface area contributed by atoms with E-state index >= 15 is 0 Å². The van der Waals surface area contributed by atoms with Gasteiger partial charge in [-0.3, -0.25) is 9.59 Å². The van der Waals surface area contributed by atoms with E-state index in [4.69, 9.17) is 4.74 Å². The van der Waals surface area contributed by atoms with Crippen molar-refractivity contribution in [1.82, 2.24) is 15.1 Å². The van der Waals surface area contributed by atoms with Gasteiger partial charge in [0.25, 0.3) is 11.5 Å². The highest BCUT2D eigenvalue weighted by Crippen LogP contribution is 2.17. The monoisotopic (exact) mass is 409 g/mol. The quantitative estimate of drug-likeness (QED) is 0.525. The van der Waals surface area contributed by atoms with E-state index in [0.717, 1.165) is 26.1 Å². The predicted molar refractivity (Wildman–Crippen MR) is 118 cm³/mol. The maximum absolute atomic E-state index is 13.0. The fourth-order valence-corrected chi connectivity index (χ4v) is 3.48. The molecule has 3 aromatic rings. The van der Waals surface area contributed by atoms with Gasteiger partial charge in [0, 0.05) is 18.4 Å². The Balaban J connectivity index is 1.90. The second-order valence-corrected chi connectivity index (χ2v) is 7.13. The average Bonchev–Trinajstić information content (AvgIpc) is 2.79. The Kier molecular flexibility index (Phi) is 7.19. The summed E-state index contributed by atoms with van der Waals surface area (Å²) in [5.74, 6) is 0.406. The molecule has 0 fully saturated rings. The Labute approximate surface area is 176 Å². The third-order valence-electron chi connectivity index (χ3n) is 5.33. The van der Waals surface area contributed by atoms with Crippen LogP contribution in [0.4, 0.5) is 0 Å². The van der Waals surface area contributed by atoms with E-state index in [1.54, 1.807) is 49.6 Å². The Hall–Kier alpha value is -3.19. The summed E-state index contributed by atoms with van der Waals surface area (Å²) in [6.45, 7) is 8.05. The standard InChI is InChI=1S/C23H28N4O3/c1-4-26(5-2)16-8-15-24-22(28)21-19-9-6-7-10-20(19)23(29)27(25-21)17-11-13-18(30-3)14-12-17/h6-7,9-14H,4-5,8,15-16H2,1-3H3,(H,24,28)/p+1. The molecule has 2 N–H and O–H groups in total. The Morgan fingerprint density at radius 2 is 1.73 bits per heavy atom. The zero-order chi connectivity index (χ0) is 21.5. The number of ether oxygens (including phenoxy) is 1. The van der Waals surface area contributed by atoms with Gasteiger partial charge in [-0.25, -0.2) is 0 Å². The maximum Gasteiger partial charge on any atom is 0.279 e. The van der Waals surface area contributed by atoms with Gasteiger partial charge in [0.2, 0.25) is 0 Å². The van der Waals surface area contributed by atoms with Crippen molar-refractivity contribution in [3.8, 4) is 11.4 Å². The highest BCUT2D eigenvalue weighted by atomic mass is 16.5. The highest BCUT2D eigenvalue weighted by molar-refractivity contribution is 6.04. The number of fused-ring (bicyclic) bond motifs is 1. The molecule has 0 aliphatic carbocycles. The number of nitrogens with zero attached hydrogens (tertiary/aromatic N) is 2. The maximum atomic E-state index is 13.0. The van der Waals surface area contributed by atoms with Gasteiger partial charge in [0.05, 0.1) is 37.8 Å². The van der Waals surface area contributed by atoms with E-state index < -0.39 is 0 Å². The zero-order valence-electron chi connectivity index (χ0n) is 17.8. The van der Waals surface area contributed by atoms with Crippen LogP contribution in [0.1, 0.15) is 30.8 Å². The van der Waals surface area contributed by atoms with Crippen LogP contribution in [0.5, 0.6) is 5.75 Å². The van der Waals surface area contributed by atoms with Crippen molar-refractivity contribution >= 4 is 16.7 Å². The Morgan fingerprint density at radius 3 is 2.37 bits per heavy atom. The molecule has 0 unspecified atom stereocenters. The third kappa shape index (κ3) is 4.68. The largest absolute Gasteiger partial charge is 0.497 e. The van der Waals surface area contributed by atoms with E-state index in [1.165, 1.54) is 9.58 Å². The molecule has 30 heavy (non-hydrogen) atoms. The predicted octanol–water partition coefficient (Wildman–Crippen LogP) is 1.44. The van der Waals surface area contributed by atoms with Crippen molar-refractivity contribution in [2.75, 3.05) is 33.3 Å². The number of methoxy groups -OCH3 is 1. The molecule has 0 bridgehead atoms. The number of hydrogen-bond donors (Lipinski definition) is 2. The van der Waals surface area contributed by atoms with Crippen molar-refractivity contribution in [3.63, 3.8) is 0 Å². The van der Waals surface area contributed by atoms with Gasteiger partial charge in [0.15, 0.2) is 5.69 Å². The van der Waals surface area contributed by atoms with Crippen LogP contribution in [0.2, 0.25) is 0 Å². The summed E-state index contributed by atoms with van der Waals surface area (Å²) in [5.41, 5.74) is 0.555. The molecule has 0 saturated carbocycles. The number of hydrogen-bond acceptors (Lipinski definition) is 4. The number of aromatic nitrogens is 2. The number of rotatable bonds is 9. The van der Waals surface area contributed by atoms with Gasteiger partial charge in [-0.2, -0.15) is 9.78 Å². The topological polar surface area (TPSA) is 77.7 Å². The minimum Gasteiger partial charge on any atom is -0.497 e. The highest BCUT2D eigenvalue weighted by Gasteiger charge is 2.17. The molecule has 0 saturated heterocycles. The minimum absolute atomic E-state index is 0.246. The van der Waals surface area contributed by atoms with Gasteiger partial charge in [-0.05, 0) is 44.2 Å². The number of nitrogens with one attached hydrogen (secondary N) is 2. The summed E-state index contributed by atoms with van der Waals surface area (Å²) in [6, 6.07) is 14.1. The Morgan fingerprint density at radius 1 is 1.07 bits per heavy atom. The number of quaternary nitrogens is 1. The van der Waals surface area contributed by atoms with E-state index in [9.17, 15) is 9.59 Å². The molecule has 0 spiro atoms. The zero-order valence-corrected chi connectivity index (χ0v) is 17.8. The van der Waals surface area contributed by atoms with Crippen LogP contribution in [-0.4, -0.2) is 49.0 Å². The van der Waals surface area contributed by atoms with Crippen LogP contribution in [0.25, 0.3) is 16.5 Å². The van der Waals surface area contributed by atoms with Crippen LogP contribution in [0.15, 0.2) is 53.3 Å². The molecule has 1 amide bonds. The van der Waals surface area contributed by atoms with Crippen LogP contribution in [0.3, 0.4) is 0 Å². The lowest BCUT2D eigenvalue weighted by atomic mass is 10.1. The molecule has 0 aliphatic rings. The molecule has 0 radical (unpaired) electrons. The van der Waals surface area contributed by atoms with Gasteiger partial charge < -0.3 is 15.0 Å². The molecular formula is C23H29N4O3+. The fraction of sp³-hybridized carbons (Fsp3) is 0.348. The summed E-state index contributed by atoms with van der Waals surface area (Å²) >= 11 is 0.